The third kappa shape index (κ3) is 24.2. The SMILES string of the molecule is CC[C@H](C)[C@H](NC(=O)[C@@H](N)CC(C)C)C(=O)N[C@@H](CCC(=O)O)C(=O)N[C@@H](Cc1cnc[nH]1)C(=O)N[C@H](C(=O)N[C@@H](Cc1ccccc1)C(=O)N[C@H](C(=O)N[C@H](C(=O)N[C@@H](CC(=O)O)C(=O)N[C@H](C(=O)O)C(C)C)[C@@H](C)O)C(C)C)C(C)C. The number of aliphatic hydroxyl groups excluding tert-OH is 1. The van der Waals surface area contributed by atoms with Gasteiger partial charge in [-0.2, -0.15) is 0 Å². The van der Waals surface area contributed by atoms with Crippen LogP contribution in [-0.4, -0.2) is 168 Å². The molecule has 1 aromatic carbocycles. The Kier molecular flexibility index (Phi) is 29.5. The third-order valence-corrected chi connectivity index (χ3v) is 13.5. The van der Waals surface area contributed by atoms with Crippen molar-refractivity contribution in [1.82, 2.24) is 57.8 Å². The summed E-state index contributed by atoms with van der Waals surface area (Å²) in [5, 5.41) is 61.8. The number of aromatic nitrogens is 2. The van der Waals surface area contributed by atoms with Crippen molar-refractivity contribution in [2.75, 3.05) is 0 Å². The van der Waals surface area contributed by atoms with Gasteiger partial charge in [0.15, 0.2) is 0 Å². The number of carboxylic acids is 3. The molecule has 83 heavy (non-hydrogen) atoms. The average Bonchev–Trinajstić information content (AvgIpc) is 4.08. The summed E-state index contributed by atoms with van der Waals surface area (Å²) in [6.45, 7) is 17.5. The maximum Gasteiger partial charge on any atom is 0.326 e. The van der Waals surface area contributed by atoms with E-state index in [4.69, 9.17) is 5.73 Å². The zero-order valence-corrected chi connectivity index (χ0v) is 48.9. The molecule has 1 heterocycles. The minimum atomic E-state index is -1.86. The normalized spacial score (nSPS) is 15.7. The molecule has 0 spiro atoms. The molecule has 0 unspecified atom stereocenters. The molecule has 462 valence electrons. The summed E-state index contributed by atoms with van der Waals surface area (Å²) in [7, 11) is 0. The Morgan fingerprint density at radius 2 is 0.952 bits per heavy atom. The number of nitrogens with one attached hydrogen (secondary N) is 10. The standard InChI is InChI=1S/C55H86N12O16/c1-12-30(10)44(66-46(73)34(56)20-26(2)3)53(80)59-35(18-19-39(69)70)47(74)60-37(22-33-24-57-25-58-33)49(76)63-41(27(4)5)51(78)61-36(21-32-16-14-13-15-17-32)48(75)64-42(28(6)7)52(79)67-45(31(11)68)54(81)62-38(23-40(71)72)50(77)65-43(29(8)9)55(82)83/h13-17,24-31,34-38,41-45,68H,12,18-23,56H2,1-11H3,(H,57,58)(H,59,80)(H,60,74)(H,61,78)(H,62,81)(H,63,76)(H,64,75)(H,65,77)(H,66,73)(H,67,79)(H,69,70)(H,71,72)(H,82,83)/t30-,31+,34-,35-,36-,37-,38-,41-,42-,43-,44-,45-/m0/s1. The zero-order valence-electron chi connectivity index (χ0n) is 48.9. The molecule has 28 nitrogen and oxygen atoms in total. The van der Waals surface area contributed by atoms with Gasteiger partial charge in [-0.05, 0) is 54.9 Å². The molecule has 0 radical (unpaired) electrons. The number of hydrogen-bond donors (Lipinski definition) is 15. The number of amides is 9. The largest absolute Gasteiger partial charge is 0.481 e. The van der Waals surface area contributed by atoms with E-state index in [1.54, 1.807) is 58.0 Å². The van der Waals surface area contributed by atoms with Crippen LogP contribution in [0.25, 0.3) is 0 Å². The van der Waals surface area contributed by atoms with Gasteiger partial charge in [0, 0.05) is 31.2 Å². The Balaban J connectivity index is 2.49. The zero-order chi connectivity index (χ0) is 63.0. The molecule has 2 rings (SSSR count). The molecular weight excluding hydrogens is 1080 g/mol. The maximum atomic E-state index is 14.5. The lowest BCUT2D eigenvalue weighted by Crippen LogP contribution is -2.63. The highest BCUT2D eigenvalue weighted by molar-refractivity contribution is 5.99. The van der Waals surface area contributed by atoms with Crippen LogP contribution in [0.15, 0.2) is 42.9 Å². The van der Waals surface area contributed by atoms with E-state index in [2.05, 4.69) is 57.8 Å². The van der Waals surface area contributed by atoms with Crippen LogP contribution in [0.3, 0.4) is 0 Å². The van der Waals surface area contributed by atoms with Gasteiger partial charge in [-0.3, -0.25) is 52.7 Å². The number of imidazole rings is 1. The molecule has 2 aromatic rings. The van der Waals surface area contributed by atoms with Crippen molar-refractivity contribution >= 4 is 71.1 Å². The van der Waals surface area contributed by atoms with E-state index in [0.29, 0.717) is 24.1 Å². The first-order chi connectivity index (χ1) is 38.8. The van der Waals surface area contributed by atoms with Gasteiger partial charge < -0.3 is 79.0 Å². The van der Waals surface area contributed by atoms with Crippen LogP contribution >= 0.6 is 0 Å². The van der Waals surface area contributed by atoms with Crippen LogP contribution < -0.4 is 53.6 Å². The number of aliphatic carboxylic acids is 3. The van der Waals surface area contributed by atoms with Crippen LogP contribution in [-0.2, 0) is 70.4 Å². The summed E-state index contributed by atoms with van der Waals surface area (Å²) in [5.74, 6) is -15.4. The van der Waals surface area contributed by atoms with Gasteiger partial charge in [-0.25, -0.2) is 9.78 Å². The predicted octanol–water partition coefficient (Wildman–Crippen LogP) is -1.25. The molecule has 16 N–H and O–H groups in total. The van der Waals surface area contributed by atoms with Crippen molar-refractivity contribution in [1.29, 1.82) is 0 Å². The molecule has 0 saturated heterocycles. The first-order valence-corrected chi connectivity index (χ1v) is 27.6. The highest BCUT2D eigenvalue weighted by atomic mass is 16.4. The summed E-state index contributed by atoms with van der Waals surface area (Å²) in [5.41, 5.74) is 6.98. The van der Waals surface area contributed by atoms with Crippen LogP contribution in [0.2, 0.25) is 0 Å². The topological polar surface area (TPSA) is 449 Å². The highest BCUT2D eigenvalue weighted by Gasteiger charge is 2.39. The number of carboxylic acid groups (broad SMARTS) is 3. The van der Waals surface area contributed by atoms with E-state index < -0.39 is 181 Å². The first-order valence-electron chi connectivity index (χ1n) is 27.6. The lowest BCUT2D eigenvalue weighted by Gasteiger charge is -2.30. The first kappa shape index (κ1) is 71.1. The molecule has 0 saturated carbocycles. The second-order valence-corrected chi connectivity index (χ2v) is 22.1. The molecule has 9 amide bonds. The number of carbonyl (C=O) groups excluding carboxylic acids is 9. The number of H-pyrrole nitrogens is 1. The Morgan fingerprint density at radius 1 is 0.518 bits per heavy atom. The minimum absolute atomic E-state index is 0.0566. The van der Waals surface area contributed by atoms with E-state index in [-0.39, 0.29) is 18.8 Å². The Hall–Kier alpha value is -8.01. The molecular formula is C55H86N12O16. The molecule has 12 atom stereocenters. The quantitative estimate of drug-likeness (QED) is 0.0379. The monoisotopic (exact) mass is 1170 g/mol. The summed E-state index contributed by atoms with van der Waals surface area (Å²) < 4.78 is 0. The number of benzene rings is 1. The second kappa shape index (κ2) is 34.4. The number of rotatable bonds is 36. The summed E-state index contributed by atoms with van der Waals surface area (Å²) >= 11 is 0. The Morgan fingerprint density at radius 3 is 1.42 bits per heavy atom. The van der Waals surface area contributed by atoms with Gasteiger partial charge in [0.1, 0.15) is 54.4 Å². The van der Waals surface area contributed by atoms with Gasteiger partial charge in [0.05, 0.1) is 24.9 Å². The molecule has 0 aliphatic carbocycles. The van der Waals surface area contributed by atoms with Crippen LogP contribution in [0.1, 0.15) is 120 Å². The van der Waals surface area contributed by atoms with Crippen molar-refractivity contribution in [2.45, 2.75) is 188 Å². The smallest absolute Gasteiger partial charge is 0.326 e. The third-order valence-electron chi connectivity index (χ3n) is 13.5. The second-order valence-electron chi connectivity index (χ2n) is 22.1. The van der Waals surface area contributed by atoms with Crippen molar-refractivity contribution in [3.05, 3.63) is 54.1 Å². The summed E-state index contributed by atoms with van der Waals surface area (Å²) in [6, 6.07) is -6.42. The van der Waals surface area contributed by atoms with Crippen LogP contribution in [0.4, 0.5) is 0 Å². The number of nitrogens with zero attached hydrogens (tertiary/aromatic N) is 1. The molecule has 0 aliphatic heterocycles. The van der Waals surface area contributed by atoms with Crippen molar-refractivity contribution in [3.8, 4) is 0 Å². The summed E-state index contributed by atoms with van der Waals surface area (Å²) in [4.78, 5) is 167. The van der Waals surface area contributed by atoms with Gasteiger partial charge in [0.25, 0.3) is 0 Å². The fourth-order valence-corrected chi connectivity index (χ4v) is 8.43. The van der Waals surface area contributed by atoms with E-state index in [0.717, 1.165) is 6.92 Å². The molecule has 0 aliphatic rings. The van der Waals surface area contributed by atoms with Gasteiger partial charge in [-0.1, -0.05) is 106 Å². The van der Waals surface area contributed by atoms with Crippen LogP contribution in [0.5, 0.6) is 0 Å². The Bertz CT molecular complexity index is 2530. The molecule has 1 aromatic heterocycles. The number of hydrogen-bond acceptors (Lipinski definition) is 15. The van der Waals surface area contributed by atoms with E-state index in [9.17, 15) is 78.0 Å². The van der Waals surface area contributed by atoms with Crippen molar-refractivity contribution in [3.63, 3.8) is 0 Å². The number of aliphatic hydroxyl groups is 1. The number of aromatic amines is 1. The molecule has 28 heteroatoms. The molecule has 0 fully saturated rings. The lowest BCUT2D eigenvalue weighted by atomic mass is 9.96. The lowest BCUT2D eigenvalue weighted by molar-refractivity contribution is -0.145. The fraction of sp³-hybridized carbons (Fsp3) is 0.618. The maximum absolute atomic E-state index is 14.5. The van der Waals surface area contributed by atoms with Gasteiger partial charge in [-0.15, -0.1) is 0 Å². The van der Waals surface area contributed by atoms with Gasteiger partial charge >= 0.3 is 17.9 Å². The van der Waals surface area contributed by atoms with Crippen LogP contribution in [0, 0.1) is 29.6 Å². The summed E-state index contributed by atoms with van der Waals surface area (Å²) in [6.07, 6.45) is -0.770. The fourth-order valence-electron chi connectivity index (χ4n) is 8.43. The van der Waals surface area contributed by atoms with E-state index >= 15 is 0 Å². The van der Waals surface area contributed by atoms with E-state index in [1.807, 2.05) is 13.8 Å². The minimum Gasteiger partial charge on any atom is -0.481 e. The Labute approximate surface area is 482 Å². The van der Waals surface area contributed by atoms with Crippen molar-refractivity contribution in [2.24, 2.45) is 35.3 Å². The average molecular weight is 1170 g/mol. The van der Waals surface area contributed by atoms with Gasteiger partial charge in [0.2, 0.25) is 53.2 Å². The number of nitrogens with two attached hydrogens (primary N) is 1. The molecule has 0 bridgehead atoms. The van der Waals surface area contributed by atoms with E-state index in [1.165, 1.54) is 40.2 Å². The number of carbonyl (C=O) groups is 12. The highest BCUT2D eigenvalue weighted by Crippen LogP contribution is 2.15. The predicted molar refractivity (Wildman–Crippen MR) is 300 cm³/mol. The van der Waals surface area contributed by atoms with Crippen molar-refractivity contribution < 1.29 is 78.0 Å².